The molecule has 1 aromatic heterocycles. The molecule has 0 radical (unpaired) electrons. The van der Waals surface area contributed by atoms with Crippen LogP contribution in [0.25, 0.3) is 0 Å². The minimum Gasteiger partial charge on any atom is -0.385 e. The normalized spacial score (nSPS) is 18.7. The highest BCUT2D eigenvalue weighted by atomic mass is 16.5. The van der Waals surface area contributed by atoms with Crippen LogP contribution in [0.1, 0.15) is 28.8 Å². The Morgan fingerprint density at radius 2 is 2.14 bits per heavy atom. The van der Waals surface area contributed by atoms with Gasteiger partial charge < -0.3 is 20.3 Å². The second-order valence-corrected chi connectivity index (χ2v) is 7.08. The molecule has 1 aliphatic heterocycles. The van der Waals surface area contributed by atoms with Crippen LogP contribution in [0.3, 0.4) is 0 Å². The summed E-state index contributed by atoms with van der Waals surface area (Å²) >= 11 is 0. The summed E-state index contributed by atoms with van der Waals surface area (Å²) in [5.74, 6) is -0.116. The molecule has 0 aliphatic carbocycles. The van der Waals surface area contributed by atoms with Gasteiger partial charge >= 0.3 is 6.03 Å². The molecule has 2 aromatic rings. The van der Waals surface area contributed by atoms with Gasteiger partial charge in [-0.2, -0.15) is 10.2 Å². The first kappa shape index (κ1) is 19.8. The lowest BCUT2D eigenvalue weighted by Gasteiger charge is -2.30. The summed E-state index contributed by atoms with van der Waals surface area (Å²) in [6, 6.07) is 8.96. The number of aryl methyl sites for hydroxylation is 1. The van der Waals surface area contributed by atoms with Gasteiger partial charge in [-0.05, 0) is 43.5 Å². The van der Waals surface area contributed by atoms with E-state index >= 15 is 0 Å². The fourth-order valence-electron chi connectivity index (χ4n) is 3.44. The highest BCUT2D eigenvalue weighted by Gasteiger charge is 2.41. The first-order valence-corrected chi connectivity index (χ1v) is 9.22. The number of benzene rings is 1. The number of aromatic nitrogens is 2. The van der Waals surface area contributed by atoms with Crippen LogP contribution in [0.4, 0.5) is 10.5 Å². The minimum atomic E-state index is -0.542. The van der Waals surface area contributed by atoms with E-state index in [2.05, 4.69) is 20.8 Å². The molecule has 0 bridgehead atoms. The standard InChI is InChI=1S/C20H25N5O3/c1-15-4-3-5-17(12-15)23-19(27)24-20(8-11-28-2)7-10-25(14-20)18(26)16-6-9-21-22-13-16/h3-6,9,12-13H,7-8,10-11,14H2,1-2H3,(H2,23,24,27). The largest absolute Gasteiger partial charge is 0.385 e. The number of likely N-dealkylation sites (tertiary alicyclic amines) is 1. The molecule has 28 heavy (non-hydrogen) atoms. The quantitative estimate of drug-likeness (QED) is 0.797. The van der Waals surface area contributed by atoms with Crippen molar-refractivity contribution in [2.24, 2.45) is 0 Å². The van der Waals surface area contributed by atoms with Gasteiger partial charge in [-0.1, -0.05) is 12.1 Å². The van der Waals surface area contributed by atoms with Crippen LogP contribution in [0.5, 0.6) is 0 Å². The number of ether oxygens (including phenoxy) is 1. The van der Waals surface area contributed by atoms with E-state index in [9.17, 15) is 9.59 Å². The number of amides is 3. The van der Waals surface area contributed by atoms with E-state index < -0.39 is 5.54 Å². The molecule has 1 aromatic carbocycles. The molecule has 8 nitrogen and oxygen atoms in total. The van der Waals surface area contributed by atoms with E-state index in [-0.39, 0.29) is 11.9 Å². The monoisotopic (exact) mass is 383 g/mol. The maximum atomic E-state index is 12.7. The van der Waals surface area contributed by atoms with Crippen LogP contribution in [0, 0.1) is 6.92 Å². The van der Waals surface area contributed by atoms with Crippen LogP contribution >= 0.6 is 0 Å². The molecule has 0 saturated carbocycles. The molecule has 1 fully saturated rings. The second-order valence-electron chi connectivity index (χ2n) is 7.08. The number of carbonyl (C=O) groups excluding carboxylic acids is 2. The number of nitrogens with one attached hydrogen (secondary N) is 2. The van der Waals surface area contributed by atoms with Gasteiger partial charge in [0.25, 0.3) is 5.91 Å². The van der Waals surface area contributed by atoms with Crippen molar-refractivity contribution in [3.8, 4) is 0 Å². The molecular formula is C20H25N5O3. The van der Waals surface area contributed by atoms with Gasteiger partial charge in [0.05, 0.1) is 23.5 Å². The molecule has 1 atom stereocenters. The van der Waals surface area contributed by atoms with E-state index in [1.165, 1.54) is 12.4 Å². The van der Waals surface area contributed by atoms with Gasteiger partial charge in [0, 0.05) is 32.5 Å². The van der Waals surface area contributed by atoms with Crippen molar-refractivity contribution in [1.82, 2.24) is 20.4 Å². The summed E-state index contributed by atoms with van der Waals surface area (Å²) in [5, 5.41) is 13.4. The van der Waals surface area contributed by atoms with Crippen LogP contribution < -0.4 is 10.6 Å². The molecule has 0 spiro atoms. The van der Waals surface area contributed by atoms with Crippen LogP contribution in [-0.4, -0.2) is 59.4 Å². The van der Waals surface area contributed by atoms with Gasteiger partial charge in [-0.15, -0.1) is 0 Å². The van der Waals surface area contributed by atoms with Crippen LogP contribution in [0.15, 0.2) is 42.7 Å². The van der Waals surface area contributed by atoms with Crippen LogP contribution in [0.2, 0.25) is 0 Å². The molecule has 2 N–H and O–H groups in total. The summed E-state index contributed by atoms with van der Waals surface area (Å²) in [4.78, 5) is 27.1. The van der Waals surface area contributed by atoms with Crippen molar-refractivity contribution in [3.05, 3.63) is 53.9 Å². The molecule has 1 unspecified atom stereocenters. The van der Waals surface area contributed by atoms with Crippen molar-refractivity contribution >= 4 is 17.6 Å². The fraction of sp³-hybridized carbons (Fsp3) is 0.400. The predicted octanol–water partition coefficient (Wildman–Crippen LogP) is 2.23. The summed E-state index contributed by atoms with van der Waals surface area (Å²) in [6.07, 6.45) is 4.22. The van der Waals surface area contributed by atoms with Crippen molar-refractivity contribution in [1.29, 1.82) is 0 Å². The molecule has 148 valence electrons. The molecule has 3 amide bonds. The third kappa shape index (κ3) is 4.83. The lowest BCUT2D eigenvalue weighted by Crippen LogP contribution is -2.53. The molecule has 8 heteroatoms. The molecule has 1 aliphatic rings. The minimum absolute atomic E-state index is 0.116. The third-order valence-electron chi connectivity index (χ3n) is 4.91. The Kier molecular flexibility index (Phi) is 6.20. The average Bonchev–Trinajstić information content (AvgIpc) is 3.10. The number of nitrogens with zero attached hydrogens (tertiary/aromatic N) is 3. The van der Waals surface area contributed by atoms with Gasteiger partial charge in [0.1, 0.15) is 0 Å². The maximum absolute atomic E-state index is 12.7. The summed E-state index contributed by atoms with van der Waals surface area (Å²) in [5.41, 5.74) is 1.74. The van der Waals surface area contributed by atoms with E-state index in [0.717, 1.165) is 11.3 Å². The predicted molar refractivity (Wildman–Crippen MR) is 105 cm³/mol. The number of hydrogen-bond acceptors (Lipinski definition) is 5. The van der Waals surface area contributed by atoms with E-state index in [1.54, 1.807) is 18.1 Å². The zero-order chi connectivity index (χ0) is 20.0. The first-order chi connectivity index (χ1) is 13.5. The second kappa shape index (κ2) is 8.79. The summed E-state index contributed by atoms with van der Waals surface area (Å²) < 4.78 is 5.23. The number of urea groups is 1. The fourth-order valence-corrected chi connectivity index (χ4v) is 3.44. The Morgan fingerprint density at radius 3 is 2.86 bits per heavy atom. The van der Waals surface area contributed by atoms with E-state index in [1.807, 2.05) is 31.2 Å². The van der Waals surface area contributed by atoms with Gasteiger partial charge in [-0.25, -0.2) is 4.79 Å². The van der Waals surface area contributed by atoms with Gasteiger partial charge in [-0.3, -0.25) is 4.79 Å². The van der Waals surface area contributed by atoms with E-state index in [4.69, 9.17) is 4.74 Å². The number of anilines is 1. The number of rotatable bonds is 6. The van der Waals surface area contributed by atoms with Crippen molar-refractivity contribution in [2.45, 2.75) is 25.3 Å². The average molecular weight is 383 g/mol. The lowest BCUT2D eigenvalue weighted by atomic mass is 9.94. The molecule has 3 rings (SSSR count). The molecular weight excluding hydrogens is 358 g/mol. The highest BCUT2D eigenvalue weighted by Crippen LogP contribution is 2.26. The molecule has 2 heterocycles. The maximum Gasteiger partial charge on any atom is 0.319 e. The first-order valence-electron chi connectivity index (χ1n) is 9.22. The Labute approximate surface area is 164 Å². The highest BCUT2D eigenvalue weighted by molar-refractivity contribution is 5.94. The zero-order valence-corrected chi connectivity index (χ0v) is 16.1. The number of methoxy groups -OCH3 is 1. The smallest absolute Gasteiger partial charge is 0.319 e. The topological polar surface area (TPSA) is 96.5 Å². The zero-order valence-electron chi connectivity index (χ0n) is 16.1. The molecule has 1 saturated heterocycles. The Hall–Kier alpha value is -3.00. The summed E-state index contributed by atoms with van der Waals surface area (Å²) in [7, 11) is 1.63. The SMILES string of the molecule is COCCC1(NC(=O)Nc2cccc(C)c2)CCN(C(=O)c2ccnnc2)C1. The van der Waals surface area contributed by atoms with Crippen molar-refractivity contribution in [3.63, 3.8) is 0 Å². The van der Waals surface area contributed by atoms with Crippen molar-refractivity contribution in [2.75, 3.05) is 32.1 Å². The third-order valence-corrected chi connectivity index (χ3v) is 4.91. The lowest BCUT2D eigenvalue weighted by molar-refractivity contribution is 0.0772. The Bertz CT molecular complexity index is 830. The number of hydrogen-bond donors (Lipinski definition) is 2. The summed E-state index contributed by atoms with van der Waals surface area (Å²) in [6.45, 7) is 3.43. The van der Waals surface area contributed by atoms with Gasteiger partial charge in [0.15, 0.2) is 0 Å². The number of carbonyl (C=O) groups is 2. The van der Waals surface area contributed by atoms with Crippen molar-refractivity contribution < 1.29 is 14.3 Å². The van der Waals surface area contributed by atoms with Gasteiger partial charge in [0.2, 0.25) is 0 Å². The van der Waals surface area contributed by atoms with E-state index in [0.29, 0.717) is 38.1 Å². The van der Waals surface area contributed by atoms with Crippen LogP contribution in [-0.2, 0) is 4.74 Å². The Morgan fingerprint density at radius 1 is 1.29 bits per heavy atom. The Balaban J connectivity index is 1.69.